The number of methoxy groups -OCH3 is 1. The zero-order valence-electron chi connectivity index (χ0n) is 15.7. The smallest absolute Gasteiger partial charge is 0.320 e. The van der Waals surface area contributed by atoms with E-state index in [9.17, 15) is 0 Å². The van der Waals surface area contributed by atoms with Crippen molar-refractivity contribution in [2.75, 3.05) is 7.11 Å². The summed E-state index contributed by atoms with van der Waals surface area (Å²) in [6.07, 6.45) is 0. The zero-order chi connectivity index (χ0) is 18.4. The number of rotatable bonds is 2. The molecule has 0 bridgehead atoms. The van der Waals surface area contributed by atoms with Crippen LogP contribution in [-0.2, 0) is 0 Å². The molecule has 3 aromatic carbocycles. The van der Waals surface area contributed by atoms with Gasteiger partial charge in [-0.05, 0) is 39.2 Å². The van der Waals surface area contributed by atoms with Gasteiger partial charge in [0.1, 0.15) is 11.5 Å². The second-order valence-corrected chi connectivity index (χ2v) is 12.0. The molecule has 2 nitrogen and oxygen atoms in total. The maximum absolute atomic E-state index is 6.97. The van der Waals surface area contributed by atoms with E-state index in [1.165, 1.54) is 15.9 Å². The van der Waals surface area contributed by atoms with E-state index in [4.69, 9.17) is 9.16 Å². The Morgan fingerprint density at radius 3 is 2.19 bits per heavy atom. The molecule has 0 aromatic heterocycles. The van der Waals surface area contributed by atoms with Gasteiger partial charge in [0, 0.05) is 5.56 Å². The Morgan fingerprint density at radius 2 is 1.50 bits per heavy atom. The largest absolute Gasteiger partial charge is 0.534 e. The highest BCUT2D eigenvalue weighted by Gasteiger charge is 2.55. The van der Waals surface area contributed by atoms with E-state index in [-0.39, 0.29) is 5.04 Å². The van der Waals surface area contributed by atoms with Gasteiger partial charge in [-0.25, -0.2) is 0 Å². The second kappa shape index (κ2) is 6.03. The van der Waals surface area contributed by atoms with Gasteiger partial charge in [-0.15, -0.1) is 0 Å². The quantitative estimate of drug-likeness (QED) is 0.621. The fourth-order valence-corrected chi connectivity index (χ4v) is 8.65. The molecule has 0 spiro atoms. The summed E-state index contributed by atoms with van der Waals surface area (Å²) in [5.74, 6) is 1.85. The maximum Gasteiger partial charge on any atom is 0.320 e. The van der Waals surface area contributed by atoms with Crippen molar-refractivity contribution in [2.24, 2.45) is 0 Å². The van der Waals surface area contributed by atoms with E-state index in [0.717, 1.165) is 17.1 Å². The Kier molecular flexibility index (Phi) is 3.92. The number of para-hydroxylation sites is 1. The Bertz CT molecular complexity index is 944. The first kappa shape index (κ1) is 16.9. The van der Waals surface area contributed by atoms with Gasteiger partial charge < -0.3 is 9.16 Å². The van der Waals surface area contributed by atoms with E-state index in [2.05, 4.69) is 93.6 Å². The Hall–Kier alpha value is -2.52. The minimum Gasteiger partial charge on any atom is -0.534 e. The van der Waals surface area contributed by atoms with E-state index >= 15 is 0 Å². The highest BCUT2D eigenvalue weighted by molar-refractivity contribution is 7.01. The Balaban J connectivity index is 2.10. The first-order valence-electron chi connectivity index (χ1n) is 9.00. The monoisotopic (exact) mass is 360 g/mol. The molecule has 3 heteroatoms. The van der Waals surface area contributed by atoms with Crippen LogP contribution in [-0.4, -0.2) is 15.4 Å². The fraction of sp³-hybridized carbons (Fsp3) is 0.217. The molecule has 0 N–H and O–H groups in total. The SMILES string of the molecule is COc1ccc2c(c1)-c1ccccc1O[Si@@]2(c1ccccc1)C(C)(C)C. The van der Waals surface area contributed by atoms with Gasteiger partial charge in [-0.1, -0.05) is 75.4 Å². The van der Waals surface area contributed by atoms with Crippen molar-refractivity contribution < 1.29 is 9.16 Å². The summed E-state index contributed by atoms with van der Waals surface area (Å²) in [5.41, 5.74) is 2.38. The van der Waals surface area contributed by atoms with Gasteiger partial charge in [0.25, 0.3) is 0 Å². The summed E-state index contributed by atoms with van der Waals surface area (Å²) in [7, 11) is -0.803. The lowest BCUT2D eigenvalue weighted by Gasteiger charge is -2.46. The summed E-state index contributed by atoms with van der Waals surface area (Å²) < 4.78 is 12.5. The van der Waals surface area contributed by atoms with Gasteiger partial charge in [0.15, 0.2) is 0 Å². The van der Waals surface area contributed by atoms with Crippen LogP contribution >= 0.6 is 0 Å². The lowest BCUT2D eigenvalue weighted by Crippen LogP contribution is -2.70. The van der Waals surface area contributed by atoms with Crippen molar-refractivity contribution >= 4 is 18.7 Å². The van der Waals surface area contributed by atoms with E-state index < -0.39 is 8.32 Å². The molecule has 1 atom stereocenters. The molecular formula is C23H24O2Si. The van der Waals surface area contributed by atoms with Gasteiger partial charge >= 0.3 is 8.32 Å². The topological polar surface area (TPSA) is 18.5 Å². The predicted molar refractivity (Wildman–Crippen MR) is 110 cm³/mol. The molecule has 4 rings (SSSR count). The normalized spacial score (nSPS) is 18.5. The summed E-state index contributed by atoms with van der Waals surface area (Å²) >= 11 is 0. The van der Waals surface area contributed by atoms with Crippen molar-refractivity contribution in [3.05, 3.63) is 72.8 Å². The van der Waals surface area contributed by atoms with Crippen LogP contribution in [0.2, 0.25) is 5.04 Å². The summed E-state index contributed by atoms with van der Waals surface area (Å²) in [6, 6.07) is 25.5. The van der Waals surface area contributed by atoms with Crippen LogP contribution in [0.4, 0.5) is 0 Å². The maximum atomic E-state index is 6.97. The average molecular weight is 361 g/mol. The third-order valence-electron chi connectivity index (χ3n) is 5.28. The van der Waals surface area contributed by atoms with Crippen LogP contribution in [0.15, 0.2) is 72.8 Å². The highest BCUT2D eigenvalue weighted by Crippen LogP contribution is 2.45. The van der Waals surface area contributed by atoms with Gasteiger partial charge in [-0.3, -0.25) is 0 Å². The lowest BCUT2D eigenvalue weighted by molar-refractivity contribution is 0.415. The van der Waals surface area contributed by atoms with Crippen molar-refractivity contribution in [2.45, 2.75) is 25.8 Å². The van der Waals surface area contributed by atoms with Crippen LogP contribution in [0.1, 0.15) is 20.8 Å². The summed E-state index contributed by atoms with van der Waals surface area (Å²) in [6.45, 7) is 6.90. The number of fused-ring (bicyclic) bond motifs is 3. The molecule has 0 amide bonds. The first-order valence-corrected chi connectivity index (χ1v) is 10.9. The van der Waals surface area contributed by atoms with Crippen LogP contribution < -0.4 is 19.5 Å². The number of benzene rings is 3. The lowest BCUT2D eigenvalue weighted by atomic mass is 10.0. The van der Waals surface area contributed by atoms with E-state index in [1.54, 1.807) is 7.11 Å². The molecule has 132 valence electrons. The Labute approximate surface area is 156 Å². The number of ether oxygens (including phenoxy) is 1. The molecule has 1 aliphatic rings. The molecule has 0 radical (unpaired) electrons. The van der Waals surface area contributed by atoms with Crippen molar-refractivity contribution in [1.82, 2.24) is 0 Å². The second-order valence-electron chi connectivity index (χ2n) is 7.81. The van der Waals surface area contributed by atoms with E-state index in [1.807, 2.05) is 0 Å². The molecule has 0 saturated carbocycles. The molecule has 0 fully saturated rings. The van der Waals surface area contributed by atoms with E-state index in [0.29, 0.717) is 0 Å². The molecule has 26 heavy (non-hydrogen) atoms. The van der Waals surface area contributed by atoms with Crippen LogP contribution in [0, 0.1) is 0 Å². The van der Waals surface area contributed by atoms with Crippen molar-refractivity contribution in [3.63, 3.8) is 0 Å². The third kappa shape index (κ3) is 2.38. The van der Waals surface area contributed by atoms with Crippen LogP contribution in [0.5, 0.6) is 11.5 Å². The van der Waals surface area contributed by atoms with Crippen LogP contribution in [0.25, 0.3) is 11.1 Å². The Morgan fingerprint density at radius 1 is 0.808 bits per heavy atom. The van der Waals surface area contributed by atoms with Gasteiger partial charge in [0.05, 0.1) is 7.11 Å². The molecule has 0 aliphatic carbocycles. The fourth-order valence-electron chi connectivity index (χ4n) is 4.06. The standard InChI is InChI=1S/C23H24O2Si/c1-23(2,3)26(18-10-6-5-7-11-18)22-15-14-17(24-4)16-20(22)19-12-8-9-13-21(19)25-26/h5-16H,1-4H3/t26-/m1/s1. The van der Waals surface area contributed by atoms with Crippen molar-refractivity contribution in [1.29, 1.82) is 0 Å². The molecular weight excluding hydrogens is 336 g/mol. The zero-order valence-corrected chi connectivity index (χ0v) is 16.7. The number of hydrogen-bond acceptors (Lipinski definition) is 2. The predicted octanol–water partition coefficient (Wildman–Crippen LogP) is 4.61. The minimum atomic E-state index is -2.52. The minimum absolute atomic E-state index is 0.0226. The highest BCUT2D eigenvalue weighted by atomic mass is 28.4. The van der Waals surface area contributed by atoms with Gasteiger partial charge in [-0.2, -0.15) is 0 Å². The molecule has 1 aliphatic heterocycles. The number of hydrogen-bond donors (Lipinski definition) is 0. The first-order chi connectivity index (χ1) is 12.5. The van der Waals surface area contributed by atoms with Crippen LogP contribution in [0.3, 0.4) is 0 Å². The molecule has 0 saturated heterocycles. The molecule has 1 heterocycles. The molecule has 3 aromatic rings. The summed E-state index contributed by atoms with van der Waals surface area (Å²) in [4.78, 5) is 0. The molecule has 0 unspecified atom stereocenters. The van der Waals surface area contributed by atoms with Crippen molar-refractivity contribution in [3.8, 4) is 22.6 Å². The average Bonchev–Trinajstić information content (AvgIpc) is 2.66. The van der Waals surface area contributed by atoms with Gasteiger partial charge in [0.2, 0.25) is 0 Å². The summed E-state index contributed by atoms with van der Waals surface area (Å²) in [5, 5.41) is 2.59. The third-order valence-corrected chi connectivity index (χ3v) is 10.3.